The van der Waals surface area contributed by atoms with Gasteiger partial charge >= 0.3 is 0 Å². The Labute approximate surface area is 159 Å². The Kier molecular flexibility index (Phi) is 4.78. The van der Waals surface area contributed by atoms with E-state index in [1.807, 2.05) is 6.92 Å². The molecule has 0 radical (unpaired) electrons. The molecule has 1 amide bonds. The number of aromatic nitrogens is 2. The van der Waals surface area contributed by atoms with Crippen molar-refractivity contribution in [3.05, 3.63) is 56.7 Å². The molecule has 5 nitrogen and oxygen atoms in total. The molecule has 140 valence electrons. The molecule has 7 heteroatoms. The zero-order valence-corrected chi connectivity index (χ0v) is 15.9. The van der Waals surface area contributed by atoms with Crippen LogP contribution in [0.3, 0.4) is 0 Å². The van der Waals surface area contributed by atoms with Gasteiger partial charge in [-0.3, -0.25) is 14.2 Å². The highest BCUT2D eigenvalue weighted by molar-refractivity contribution is 7.18. The van der Waals surface area contributed by atoms with E-state index in [0.29, 0.717) is 5.39 Å². The second-order valence-electron chi connectivity index (χ2n) is 6.92. The monoisotopic (exact) mass is 385 g/mol. The van der Waals surface area contributed by atoms with Gasteiger partial charge in [-0.05, 0) is 55.9 Å². The van der Waals surface area contributed by atoms with E-state index in [1.54, 1.807) is 23.5 Å². The van der Waals surface area contributed by atoms with E-state index < -0.39 is 5.82 Å². The molecule has 2 heterocycles. The van der Waals surface area contributed by atoms with Gasteiger partial charge in [-0.1, -0.05) is 6.07 Å². The molecule has 1 aliphatic carbocycles. The van der Waals surface area contributed by atoms with Crippen molar-refractivity contribution in [2.24, 2.45) is 0 Å². The molecule has 0 saturated carbocycles. The van der Waals surface area contributed by atoms with E-state index in [1.165, 1.54) is 21.8 Å². The minimum atomic E-state index is -0.473. The summed E-state index contributed by atoms with van der Waals surface area (Å²) in [6.45, 7) is 2.04. The third-order valence-electron chi connectivity index (χ3n) is 4.92. The number of hydrogen-bond acceptors (Lipinski definition) is 4. The van der Waals surface area contributed by atoms with Crippen molar-refractivity contribution in [2.45, 2.75) is 45.6 Å². The van der Waals surface area contributed by atoms with Crippen molar-refractivity contribution in [3.63, 3.8) is 0 Å². The van der Waals surface area contributed by atoms with Gasteiger partial charge in [0.15, 0.2) is 0 Å². The maximum atomic E-state index is 13.8. The number of rotatable bonds is 4. The first-order valence-electron chi connectivity index (χ1n) is 9.08. The zero-order valence-electron chi connectivity index (χ0n) is 15.0. The fourth-order valence-corrected chi connectivity index (χ4v) is 4.73. The number of nitrogens with zero attached hydrogens (tertiary/aromatic N) is 2. The predicted molar refractivity (Wildman–Crippen MR) is 105 cm³/mol. The number of nitrogens with one attached hydrogen (secondary N) is 1. The molecule has 0 unspecified atom stereocenters. The minimum absolute atomic E-state index is 0.0762. The van der Waals surface area contributed by atoms with Gasteiger partial charge in [-0.15, -0.1) is 11.3 Å². The van der Waals surface area contributed by atoms with Crippen molar-refractivity contribution < 1.29 is 9.18 Å². The largest absolute Gasteiger partial charge is 0.324 e. The van der Waals surface area contributed by atoms with Crippen LogP contribution >= 0.6 is 11.3 Å². The van der Waals surface area contributed by atoms with Crippen LogP contribution in [0.4, 0.5) is 10.1 Å². The number of anilines is 1. The smallest absolute Gasteiger partial charge is 0.262 e. The standard InChI is InChI=1S/C20H20FN3O2S/c1-12-6-7-14(21)15(10-12)23-17(25)8-9-24-11-22-19-18(20(24)26)13-4-2-3-5-16(13)27-19/h6-7,10-11H,2-5,8-9H2,1H3,(H,23,25). The van der Waals surface area contributed by atoms with E-state index in [2.05, 4.69) is 10.3 Å². The Morgan fingerprint density at radius 2 is 2.15 bits per heavy atom. The summed E-state index contributed by atoms with van der Waals surface area (Å²) in [7, 11) is 0. The van der Waals surface area contributed by atoms with Crippen LogP contribution in [-0.4, -0.2) is 15.5 Å². The van der Waals surface area contributed by atoms with Crippen molar-refractivity contribution in [2.75, 3.05) is 5.32 Å². The van der Waals surface area contributed by atoms with Crippen LogP contribution in [0, 0.1) is 12.7 Å². The van der Waals surface area contributed by atoms with E-state index >= 15 is 0 Å². The number of carbonyl (C=O) groups is 1. The van der Waals surface area contributed by atoms with Crippen molar-refractivity contribution in [1.82, 2.24) is 9.55 Å². The fourth-order valence-electron chi connectivity index (χ4n) is 3.51. The van der Waals surface area contributed by atoms with E-state index in [0.717, 1.165) is 41.6 Å². The molecule has 3 aromatic rings. The Hall–Kier alpha value is -2.54. The predicted octanol–water partition coefficient (Wildman–Crippen LogP) is 3.81. The molecule has 0 aliphatic heterocycles. The topological polar surface area (TPSA) is 64.0 Å². The Morgan fingerprint density at radius 3 is 3.00 bits per heavy atom. The SMILES string of the molecule is Cc1ccc(F)c(NC(=O)CCn2cnc3sc4c(c3c2=O)CCCC4)c1. The lowest BCUT2D eigenvalue weighted by molar-refractivity contribution is -0.116. The van der Waals surface area contributed by atoms with Crippen LogP contribution in [0.5, 0.6) is 0 Å². The maximum Gasteiger partial charge on any atom is 0.262 e. The highest BCUT2D eigenvalue weighted by Crippen LogP contribution is 2.33. The van der Waals surface area contributed by atoms with Gasteiger partial charge in [-0.2, -0.15) is 0 Å². The summed E-state index contributed by atoms with van der Waals surface area (Å²) in [5, 5.41) is 3.29. The molecule has 1 N–H and O–H groups in total. The summed E-state index contributed by atoms with van der Waals surface area (Å²) < 4.78 is 15.3. The quantitative estimate of drug-likeness (QED) is 0.743. The Morgan fingerprint density at radius 1 is 1.33 bits per heavy atom. The average molecular weight is 385 g/mol. The summed E-state index contributed by atoms with van der Waals surface area (Å²) in [5.41, 5.74) is 2.07. The van der Waals surface area contributed by atoms with Gasteiger partial charge in [0.1, 0.15) is 10.6 Å². The average Bonchev–Trinajstić information content (AvgIpc) is 3.03. The molecule has 0 saturated heterocycles. The number of hydrogen-bond donors (Lipinski definition) is 1. The van der Waals surface area contributed by atoms with Crippen molar-refractivity contribution >= 4 is 33.1 Å². The lowest BCUT2D eigenvalue weighted by Crippen LogP contribution is -2.24. The lowest BCUT2D eigenvalue weighted by Gasteiger charge is -2.11. The van der Waals surface area contributed by atoms with Crippen molar-refractivity contribution in [1.29, 1.82) is 0 Å². The van der Waals surface area contributed by atoms with Crippen LogP contribution in [0.25, 0.3) is 10.2 Å². The van der Waals surface area contributed by atoms with E-state index in [9.17, 15) is 14.0 Å². The van der Waals surface area contributed by atoms with Crippen molar-refractivity contribution in [3.8, 4) is 0 Å². The van der Waals surface area contributed by atoms with Gasteiger partial charge in [0, 0.05) is 17.8 Å². The number of aryl methyl sites for hydroxylation is 4. The minimum Gasteiger partial charge on any atom is -0.324 e. The molecule has 27 heavy (non-hydrogen) atoms. The lowest BCUT2D eigenvalue weighted by atomic mass is 9.97. The van der Waals surface area contributed by atoms with Gasteiger partial charge in [0.2, 0.25) is 5.91 Å². The van der Waals surface area contributed by atoms with Gasteiger partial charge in [0.05, 0.1) is 17.4 Å². The molecule has 0 fully saturated rings. The molecule has 4 rings (SSSR count). The first-order chi connectivity index (χ1) is 13.0. The van der Waals surface area contributed by atoms with Crippen LogP contribution in [0.2, 0.25) is 0 Å². The fraction of sp³-hybridized carbons (Fsp3) is 0.350. The molecular formula is C20H20FN3O2S. The first kappa shape index (κ1) is 17.9. The van der Waals surface area contributed by atoms with Crippen LogP contribution in [0.1, 0.15) is 35.3 Å². The van der Waals surface area contributed by atoms with Gasteiger partial charge < -0.3 is 5.32 Å². The summed E-state index contributed by atoms with van der Waals surface area (Å²) >= 11 is 1.61. The Balaban J connectivity index is 1.52. The summed E-state index contributed by atoms with van der Waals surface area (Å²) in [6, 6.07) is 4.56. The third kappa shape index (κ3) is 3.51. The molecule has 1 aromatic carbocycles. The zero-order chi connectivity index (χ0) is 19.0. The van der Waals surface area contributed by atoms with Crippen LogP contribution in [-0.2, 0) is 24.2 Å². The van der Waals surface area contributed by atoms with E-state index in [-0.39, 0.29) is 30.1 Å². The number of benzene rings is 1. The number of amides is 1. The summed E-state index contributed by atoms with van der Waals surface area (Å²) in [4.78, 5) is 31.5. The van der Waals surface area contributed by atoms with Crippen LogP contribution < -0.4 is 10.9 Å². The number of thiophene rings is 1. The molecule has 2 aromatic heterocycles. The van der Waals surface area contributed by atoms with Gasteiger partial charge in [-0.25, -0.2) is 9.37 Å². The highest BCUT2D eigenvalue weighted by atomic mass is 32.1. The second-order valence-corrected chi connectivity index (χ2v) is 8.00. The second kappa shape index (κ2) is 7.23. The van der Waals surface area contributed by atoms with Gasteiger partial charge in [0.25, 0.3) is 5.56 Å². The number of halogens is 1. The highest BCUT2D eigenvalue weighted by Gasteiger charge is 2.20. The number of fused-ring (bicyclic) bond motifs is 3. The molecule has 0 bridgehead atoms. The molecule has 0 atom stereocenters. The third-order valence-corrected chi connectivity index (χ3v) is 6.12. The van der Waals surface area contributed by atoms with Crippen LogP contribution in [0.15, 0.2) is 29.3 Å². The first-order valence-corrected chi connectivity index (χ1v) is 9.90. The molecule has 0 spiro atoms. The normalized spacial score (nSPS) is 13.6. The molecular weight excluding hydrogens is 365 g/mol. The summed E-state index contributed by atoms with van der Waals surface area (Å²) in [5.74, 6) is -0.807. The number of carbonyl (C=O) groups excluding carboxylic acids is 1. The van der Waals surface area contributed by atoms with E-state index in [4.69, 9.17) is 0 Å². The maximum absolute atomic E-state index is 13.8. The Bertz CT molecular complexity index is 1090. The summed E-state index contributed by atoms with van der Waals surface area (Å²) in [6.07, 6.45) is 5.77. The molecule has 1 aliphatic rings.